The number of aliphatic hydroxyl groups is 1. The van der Waals surface area contributed by atoms with Crippen molar-refractivity contribution >= 4 is 0 Å². The van der Waals surface area contributed by atoms with Gasteiger partial charge in [0, 0.05) is 30.4 Å². The van der Waals surface area contributed by atoms with Crippen molar-refractivity contribution in [2.75, 3.05) is 6.54 Å². The minimum atomic E-state index is -0.662. The third-order valence-electron chi connectivity index (χ3n) is 3.81. The molecule has 0 aliphatic carbocycles. The highest BCUT2D eigenvalue weighted by Gasteiger charge is 2.24. The van der Waals surface area contributed by atoms with Gasteiger partial charge in [0.2, 0.25) is 0 Å². The number of nitrogens with one attached hydrogen (secondary N) is 1. The summed E-state index contributed by atoms with van der Waals surface area (Å²) in [6, 6.07) is 0.203. The zero-order chi connectivity index (χ0) is 15.5. The zero-order valence-corrected chi connectivity index (χ0v) is 14.1. The maximum atomic E-state index is 10.4. The van der Waals surface area contributed by atoms with E-state index in [0.717, 1.165) is 18.7 Å². The predicted octanol–water partition coefficient (Wildman–Crippen LogP) is 2.97. The van der Waals surface area contributed by atoms with E-state index in [2.05, 4.69) is 52.0 Å². The Morgan fingerprint density at radius 3 is 2.35 bits per heavy atom. The van der Waals surface area contributed by atoms with Gasteiger partial charge in [-0.2, -0.15) is 5.10 Å². The van der Waals surface area contributed by atoms with Crippen molar-refractivity contribution in [3.8, 4) is 0 Å². The van der Waals surface area contributed by atoms with E-state index in [1.165, 1.54) is 11.3 Å². The molecule has 0 radical (unpaired) electrons. The average Bonchev–Trinajstić information content (AvgIpc) is 2.60. The van der Waals surface area contributed by atoms with Crippen molar-refractivity contribution in [2.24, 2.45) is 5.92 Å². The molecule has 0 aliphatic heterocycles. The van der Waals surface area contributed by atoms with E-state index < -0.39 is 5.60 Å². The van der Waals surface area contributed by atoms with E-state index in [4.69, 9.17) is 0 Å². The van der Waals surface area contributed by atoms with Crippen LogP contribution in [0.4, 0.5) is 0 Å². The molecule has 2 atom stereocenters. The second-order valence-electron chi connectivity index (χ2n) is 6.60. The lowest BCUT2D eigenvalue weighted by Crippen LogP contribution is -2.40. The average molecular weight is 281 g/mol. The minimum absolute atomic E-state index is 0.203. The Morgan fingerprint density at radius 2 is 1.90 bits per heavy atom. The zero-order valence-electron chi connectivity index (χ0n) is 14.1. The van der Waals surface area contributed by atoms with Crippen LogP contribution in [-0.4, -0.2) is 27.0 Å². The van der Waals surface area contributed by atoms with Crippen LogP contribution < -0.4 is 5.32 Å². The van der Waals surface area contributed by atoms with E-state index in [0.29, 0.717) is 12.5 Å². The fourth-order valence-corrected chi connectivity index (χ4v) is 3.07. The van der Waals surface area contributed by atoms with Crippen molar-refractivity contribution < 1.29 is 5.11 Å². The van der Waals surface area contributed by atoms with Gasteiger partial charge >= 0.3 is 0 Å². The van der Waals surface area contributed by atoms with Crippen LogP contribution in [0.3, 0.4) is 0 Å². The molecular formula is C16H31N3O. The molecule has 4 heteroatoms. The number of aryl methyl sites for hydroxylation is 2. The summed E-state index contributed by atoms with van der Waals surface area (Å²) in [5.41, 5.74) is 2.89. The third-order valence-corrected chi connectivity index (χ3v) is 3.81. The Kier molecular flexibility index (Phi) is 5.78. The van der Waals surface area contributed by atoms with Crippen LogP contribution in [0, 0.1) is 19.8 Å². The van der Waals surface area contributed by atoms with Gasteiger partial charge in [-0.3, -0.25) is 4.68 Å². The third kappa shape index (κ3) is 4.32. The molecule has 0 aromatic carbocycles. The lowest BCUT2D eigenvalue weighted by Gasteiger charge is -2.28. The molecule has 0 amide bonds. The highest BCUT2D eigenvalue weighted by Crippen LogP contribution is 2.23. The molecule has 4 nitrogen and oxygen atoms in total. The summed E-state index contributed by atoms with van der Waals surface area (Å²) >= 11 is 0. The lowest BCUT2D eigenvalue weighted by molar-refractivity contribution is 0.0363. The first kappa shape index (κ1) is 17.2. The number of aromatic nitrogens is 2. The summed E-state index contributed by atoms with van der Waals surface area (Å²) in [6.45, 7) is 16.1. The second-order valence-corrected chi connectivity index (χ2v) is 6.60. The maximum Gasteiger partial charge on any atom is 0.0746 e. The first-order chi connectivity index (χ1) is 9.18. The SMILES string of the molecule is CCn1nc(C)c(C(C)NCC(C)(O)CC(C)C)c1C. The topological polar surface area (TPSA) is 50.1 Å². The monoisotopic (exact) mass is 281 g/mol. The molecule has 1 aromatic rings. The molecule has 0 fully saturated rings. The molecule has 2 unspecified atom stereocenters. The molecule has 1 heterocycles. The summed E-state index contributed by atoms with van der Waals surface area (Å²) in [5, 5.41) is 18.4. The Morgan fingerprint density at radius 1 is 1.30 bits per heavy atom. The molecule has 0 bridgehead atoms. The van der Waals surface area contributed by atoms with Gasteiger partial charge in [0.25, 0.3) is 0 Å². The number of hydrogen-bond acceptors (Lipinski definition) is 3. The van der Waals surface area contributed by atoms with E-state index in [9.17, 15) is 5.11 Å². The van der Waals surface area contributed by atoms with Crippen LogP contribution in [0.25, 0.3) is 0 Å². The van der Waals surface area contributed by atoms with Crippen molar-refractivity contribution in [1.29, 1.82) is 0 Å². The standard InChI is InChI=1S/C16H31N3O/c1-8-19-14(6)15(13(5)18-19)12(4)17-10-16(7,20)9-11(2)3/h11-12,17,20H,8-10H2,1-7H3. The van der Waals surface area contributed by atoms with E-state index >= 15 is 0 Å². The maximum absolute atomic E-state index is 10.4. The molecule has 0 spiro atoms. The fraction of sp³-hybridized carbons (Fsp3) is 0.812. The summed E-state index contributed by atoms with van der Waals surface area (Å²) < 4.78 is 2.04. The highest BCUT2D eigenvalue weighted by molar-refractivity contribution is 5.27. The van der Waals surface area contributed by atoms with Crippen LogP contribution in [0.2, 0.25) is 0 Å². The van der Waals surface area contributed by atoms with Gasteiger partial charge in [-0.15, -0.1) is 0 Å². The first-order valence-corrected chi connectivity index (χ1v) is 7.67. The largest absolute Gasteiger partial charge is 0.389 e. The van der Waals surface area contributed by atoms with Crippen LogP contribution in [0.15, 0.2) is 0 Å². The quantitative estimate of drug-likeness (QED) is 0.808. The summed E-state index contributed by atoms with van der Waals surface area (Å²) in [5.74, 6) is 0.494. The van der Waals surface area contributed by atoms with Crippen LogP contribution >= 0.6 is 0 Å². The van der Waals surface area contributed by atoms with Gasteiger partial charge in [0.05, 0.1) is 11.3 Å². The predicted molar refractivity (Wildman–Crippen MR) is 83.9 cm³/mol. The Labute approximate surface area is 123 Å². The lowest BCUT2D eigenvalue weighted by atomic mass is 9.93. The van der Waals surface area contributed by atoms with Gasteiger partial charge in [-0.1, -0.05) is 13.8 Å². The number of rotatable bonds is 7. The van der Waals surface area contributed by atoms with Crippen molar-refractivity contribution in [3.05, 3.63) is 17.0 Å². The minimum Gasteiger partial charge on any atom is -0.389 e. The molecule has 1 rings (SSSR count). The Hall–Kier alpha value is -0.870. The molecule has 20 heavy (non-hydrogen) atoms. The van der Waals surface area contributed by atoms with Crippen LogP contribution in [0.1, 0.15) is 64.0 Å². The van der Waals surface area contributed by atoms with Gasteiger partial charge in [-0.05, 0) is 47.0 Å². The van der Waals surface area contributed by atoms with Gasteiger partial charge in [0.1, 0.15) is 0 Å². The number of hydrogen-bond donors (Lipinski definition) is 2. The molecule has 0 saturated carbocycles. The Bertz CT molecular complexity index is 435. The van der Waals surface area contributed by atoms with Crippen LogP contribution in [-0.2, 0) is 6.54 Å². The first-order valence-electron chi connectivity index (χ1n) is 7.67. The molecule has 1 aromatic heterocycles. The molecular weight excluding hydrogens is 250 g/mol. The van der Waals surface area contributed by atoms with Crippen molar-refractivity contribution in [1.82, 2.24) is 15.1 Å². The Balaban J connectivity index is 2.72. The smallest absolute Gasteiger partial charge is 0.0746 e. The summed E-state index contributed by atoms with van der Waals surface area (Å²) in [6.07, 6.45) is 0.804. The van der Waals surface area contributed by atoms with Gasteiger partial charge < -0.3 is 10.4 Å². The second kappa shape index (κ2) is 6.72. The van der Waals surface area contributed by atoms with Crippen molar-refractivity contribution in [2.45, 2.75) is 73.1 Å². The normalized spacial score (nSPS) is 16.4. The van der Waals surface area contributed by atoms with E-state index in [-0.39, 0.29) is 6.04 Å². The summed E-state index contributed by atoms with van der Waals surface area (Å²) in [7, 11) is 0. The summed E-state index contributed by atoms with van der Waals surface area (Å²) in [4.78, 5) is 0. The molecule has 0 saturated heterocycles. The molecule has 2 N–H and O–H groups in total. The van der Waals surface area contributed by atoms with E-state index in [1.54, 1.807) is 0 Å². The van der Waals surface area contributed by atoms with Gasteiger partial charge in [-0.25, -0.2) is 0 Å². The number of nitrogens with zero attached hydrogens (tertiary/aromatic N) is 2. The molecule has 0 aliphatic rings. The fourth-order valence-electron chi connectivity index (χ4n) is 3.07. The van der Waals surface area contributed by atoms with Crippen molar-refractivity contribution in [3.63, 3.8) is 0 Å². The van der Waals surface area contributed by atoms with Crippen LogP contribution in [0.5, 0.6) is 0 Å². The van der Waals surface area contributed by atoms with Gasteiger partial charge in [0.15, 0.2) is 0 Å². The molecule has 116 valence electrons. The van der Waals surface area contributed by atoms with E-state index in [1.807, 2.05) is 11.6 Å². The highest BCUT2D eigenvalue weighted by atomic mass is 16.3.